The summed E-state index contributed by atoms with van der Waals surface area (Å²) < 4.78 is 0. The highest BCUT2D eigenvalue weighted by Crippen LogP contribution is 2.25. The summed E-state index contributed by atoms with van der Waals surface area (Å²) in [5.41, 5.74) is 7.06. The lowest BCUT2D eigenvalue weighted by Gasteiger charge is -2.19. The Morgan fingerprint density at radius 1 is 1.38 bits per heavy atom. The Balaban J connectivity index is 1.95. The van der Waals surface area contributed by atoms with Crippen LogP contribution in [0.1, 0.15) is 6.42 Å². The molecule has 0 aromatic heterocycles. The summed E-state index contributed by atoms with van der Waals surface area (Å²) in [7, 11) is 0. The van der Waals surface area contributed by atoms with Crippen molar-refractivity contribution in [3.05, 3.63) is 24.3 Å². The van der Waals surface area contributed by atoms with Gasteiger partial charge < -0.3 is 16.0 Å². The fraction of sp³-hybridized carbons (Fsp3) is 0.357. The molecule has 110 valence electrons. The van der Waals surface area contributed by atoms with Crippen molar-refractivity contribution >= 4 is 23.3 Å². The molecule has 1 fully saturated rings. The van der Waals surface area contributed by atoms with E-state index in [1.807, 2.05) is 12.1 Å². The second kappa shape index (κ2) is 6.61. The third-order valence-corrected chi connectivity index (χ3v) is 3.22. The average molecular weight is 287 g/mol. The van der Waals surface area contributed by atoms with Crippen molar-refractivity contribution in [3.8, 4) is 6.07 Å². The molecule has 1 aliphatic heterocycles. The van der Waals surface area contributed by atoms with Crippen molar-refractivity contribution in [1.29, 1.82) is 5.26 Å². The van der Waals surface area contributed by atoms with Crippen LogP contribution in [-0.2, 0) is 4.79 Å². The minimum atomic E-state index is -0.263. The van der Waals surface area contributed by atoms with Gasteiger partial charge in [0.2, 0.25) is 5.91 Å². The zero-order valence-electron chi connectivity index (χ0n) is 11.6. The van der Waals surface area contributed by atoms with E-state index in [2.05, 4.69) is 5.32 Å². The fourth-order valence-corrected chi connectivity index (χ4v) is 2.17. The molecule has 7 heteroatoms. The monoisotopic (exact) mass is 287 g/mol. The molecule has 1 saturated heterocycles. The molecule has 0 aliphatic carbocycles. The molecule has 0 radical (unpaired) electrons. The zero-order valence-corrected chi connectivity index (χ0v) is 11.6. The number of nitriles is 1. The maximum absolute atomic E-state index is 12.3. The van der Waals surface area contributed by atoms with Gasteiger partial charge in [0.25, 0.3) is 0 Å². The Labute approximate surface area is 122 Å². The van der Waals surface area contributed by atoms with E-state index in [4.69, 9.17) is 11.0 Å². The smallest absolute Gasteiger partial charge is 0.325 e. The van der Waals surface area contributed by atoms with Crippen LogP contribution in [0.2, 0.25) is 0 Å². The van der Waals surface area contributed by atoms with E-state index in [1.165, 1.54) is 4.90 Å². The van der Waals surface area contributed by atoms with E-state index in [-0.39, 0.29) is 24.9 Å². The number of rotatable bonds is 5. The SMILES string of the molecule is N#CCCNC(=O)CN1CCN(c2ccccc2N)C1=O. The first-order valence-electron chi connectivity index (χ1n) is 6.68. The molecule has 0 unspecified atom stereocenters. The van der Waals surface area contributed by atoms with Crippen LogP contribution in [0.5, 0.6) is 0 Å². The van der Waals surface area contributed by atoms with Crippen LogP contribution in [0.15, 0.2) is 24.3 Å². The second-order valence-corrected chi connectivity index (χ2v) is 4.67. The summed E-state index contributed by atoms with van der Waals surface area (Å²) >= 11 is 0. The van der Waals surface area contributed by atoms with E-state index in [0.717, 1.165) is 0 Å². The van der Waals surface area contributed by atoms with Crippen molar-refractivity contribution in [1.82, 2.24) is 10.2 Å². The average Bonchev–Trinajstić information content (AvgIpc) is 2.81. The largest absolute Gasteiger partial charge is 0.397 e. The molecule has 1 aromatic carbocycles. The Kier molecular flexibility index (Phi) is 4.61. The predicted molar refractivity (Wildman–Crippen MR) is 78.4 cm³/mol. The van der Waals surface area contributed by atoms with E-state index in [0.29, 0.717) is 31.0 Å². The maximum Gasteiger partial charge on any atom is 0.325 e. The van der Waals surface area contributed by atoms with Crippen molar-refractivity contribution in [2.45, 2.75) is 6.42 Å². The first kappa shape index (κ1) is 14.7. The number of carbonyl (C=O) groups excluding carboxylic acids is 2. The lowest BCUT2D eigenvalue weighted by molar-refractivity contribution is -0.121. The summed E-state index contributed by atoms with van der Waals surface area (Å²) in [4.78, 5) is 27.0. The summed E-state index contributed by atoms with van der Waals surface area (Å²) in [5.74, 6) is -0.263. The van der Waals surface area contributed by atoms with Gasteiger partial charge in [-0.05, 0) is 12.1 Å². The molecule has 2 rings (SSSR count). The maximum atomic E-state index is 12.3. The van der Waals surface area contributed by atoms with Gasteiger partial charge in [-0.3, -0.25) is 9.69 Å². The lowest BCUT2D eigenvalue weighted by atomic mass is 10.2. The van der Waals surface area contributed by atoms with Gasteiger partial charge in [-0.2, -0.15) is 5.26 Å². The summed E-state index contributed by atoms with van der Waals surface area (Å²) in [6.45, 7) is 1.26. The second-order valence-electron chi connectivity index (χ2n) is 4.67. The minimum Gasteiger partial charge on any atom is -0.397 e. The van der Waals surface area contributed by atoms with Crippen molar-refractivity contribution in [2.24, 2.45) is 0 Å². The Morgan fingerprint density at radius 2 is 2.14 bits per heavy atom. The number of nitrogens with two attached hydrogens (primary N) is 1. The topological polar surface area (TPSA) is 102 Å². The van der Waals surface area contributed by atoms with Crippen LogP contribution in [0.25, 0.3) is 0 Å². The minimum absolute atomic E-state index is 0.00645. The molecule has 0 saturated carbocycles. The van der Waals surface area contributed by atoms with Gasteiger partial charge in [0.1, 0.15) is 6.54 Å². The number of carbonyl (C=O) groups is 2. The molecule has 3 N–H and O–H groups in total. The van der Waals surface area contributed by atoms with Gasteiger partial charge >= 0.3 is 6.03 Å². The van der Waals surface area contributed by atoms with Crippen LogP contribution in [-0.4, -0.2) is 43.0 Å². The normalized spacial score (nSPS) is 14.1. The number of urea groups is 1. The van der Waals surface area contributed by atoms with E-state index in [1.54, 1.807) is 23.1 Å². The molecule has 7 nitrogen and oxygen atoms in total. The standard InChI is InChI=1S/C14H17N5O2/c15-6-3-7-17-13(20)10-18-8-9-19(14(18)21)12-5-2-1-4-11(12)16/h1-2,4-5H,3,7-10,16H2,(H,17,20). The van der Waals surface area contributed by atoms with Crippen LogP contribution >= 0.6 is 0 Å². The number of hydrogen-bond acceptors (Lipinski definition) is 4. The van der Waals surface area contributed by atoms with Crippen molar-refractivity contribution < 1.29 is 9.59 Å². The number of amides is 3. The first-order valence-corrected chi connectivity index (χ1v) is 6.68. The van der Waals surface area contributed by atoms with Gasteiger partial charge in [-0.1, -0.05) is 12.1 Å². The van der Waals surface area contributed by atoms with Gasteiger partial charge in [0, 0.05) is 19.6 Å². The van der Waals surface area contributed by atoms with E-state index >= 15 is 0 Å². The number of anilines is 2. The highest BCUT2D eigenvalue weighted by molar-refractivity contribution is 5.98. The molecular weight excluding hydrogens is 270 g/mol. The third-order valence-electron chi connectivity index (χ3n) is 3.22. The highest BCUT2D eigenvalue weighted by Gasteiger charge is 2.31. The Hall–Kier alpha value is -2.75. The summed E-state index contributed by atoms with van der Waals surface area (Å²) in [6, 6.07) is 8.85. The highest BCUT2D eigenvalue weighted by atomic mass is 16.2. The van der Waals surface area contributed by atoms with E-state index in [9.17, 15) is 9.59 Å². The van der Waals surface area contributed by atoms with E-state index < -0.39 is 0 Å². The Bertz CT molecular complexity index is 581. The third kappa shape index (κ3) is 3.42. The molecule has 0 atom stereocenters. The molecule has 21 heavy (non-hydrogen) atoms. The number of para-hydroxylation sites is 2. The zero-order chi connectivity index (χ0) is 15.2. The number of nitrogens with zero attached hydrogens (tertiary/aromatic N) is 3. The van der Waals surface area contributed by atoms with Gasteiger partial charge in [-0.15, -0.1) is 0 Å². The lowest BCUT2D eigenvalue weighted by Crippen LogP contribution is -2.40. The van der Waals surface area contributed by atoms with Crippen molar-refractivity contribution in [3.63, 3.8) is 0 Å². The van der Waals surface area contributed by atoms with Gasteiger partial charge in [0.05, 0.1) is 23.9 Å². The van der Waals surface area contributed by atoms with Crippen molar-refractivity contribution in [2.75, 3.05) is 36.8 Å². The van der Waals surface area contributed by atoms with Gasteiger partial charge in [-0.25, -0.2) is 4.79 Å². The molecule has 1 aliphatic rings. The van der Waals surface area contributed by atoms with Crippen LogP contribution in [0.4, 0.5) is 16.2 Å². The fourth-order valence-electron chi connectivity index (χ4n) is 2.17. The number of nitrogens with one attached hydrogen (secondary N) is 1. The molecule has 0 spiro atoms. The molecule has 3 amide bonds. The summed E-state index contributed by atoms with van der Waals surface area (Å²) in [5, 5.41) is 11.0. The summed E-state index contributed by atoms with van der Waals surface area (Å²) in [6.07, 6.45) is 0.256. The number of hydrogen-bond donors (Lipinski definition) is 2. The number of benzene rings is 1. The van der Waals surface area contributed by atoms with Crippen LogP contribution in [0.3, 0.4) is 0 Å². The van der Waals surface area contributed by atoms with Crippen LogP contribution in [0, 0.1) is 11.3 Å². The van der Waals surface area contributed by atoms with Crippen LogP contribution < -0.4 is 16.0 Å². The molecule has 1 heterocycles. The Morgan fingerprint density at radius 3 is 2.86 bits per heavy atom. The first-order chi connectivity index (χ1) is 10.1. The molecular formula is C14H17N5O2. The van der Waals surface area contributed by atoms with Gasteiger partial charge in [0.15, 0.2) is 0 Å². The molecule has 1 aromatic rings. The quantitative estimate of drug-likeness (QED) is 0.609. The molecule has 0 bridgehead atoms. The number of nitrogen functional groups attached to an aromatic ring is 1. The predicted octanol–water partition coefficient (Wildman–Crippen LogP) is 0.541.